The Kier molecular flexibility index (Phi) is 3.50. The Bertz CT molecular complexity index is 631. The molecule has 2 aromatic rings. The summed E-state index contributed by atoms with van der Waals surface area (Å²) >= 11 is 0. The van der Waals surface area contributed by atoms with Crippen molar-refractivity contribution in [3.8, 4) is 0 Å². The molecule has 3 heterocycles. The summed E-state index contributed by atoms with van der Waals surface area (Å²) < 4.78 is 12.2. The van der Waals surface area contributed by atoms with E-state index in [4.69, 9.17) is 9.26 Å². The molecule has 1 unspecified atom stereocenters. The summed E-state index contributed by atoms with van der Waals surface area (Å²) in [5.41, 5.74) is 3.17. The Morgan fingerprint density at radius 1 is 1.57 bits per heavy atom. The Morgan fingerprint density at radius 3 is 3.00 bits per heavy atom. The fraction of sp³-hybridized carbons (Fsp3) is 0.500. The van der Waals surface area contributed by atoms with Gasteiger partial charge < -0.3 is 14.6 Å². The van der Waals surface area contributed by atoms with Crippen LogP contribution in [0.25, 0.3) is 0 Å². The van der Waals surface area contributed by atoms with E-state index in [1.54, 1.807) is 7.11 Å². The zero-order valence-electron chi connectivity index (χ0n) is 12.3. The smallest absolute Gasteiger partial charge is 0.272 e. The number of aryl methyl sites for hydroxylation is 2. The van der Waals surface area contributed by atoms with Crippen molar-refractivity contribution in [3.05, 3.63) is 34.5 Å². The SMILES string of the molecule is COC1Cc2cc(C(=O)NCc3c(C)noc3C)nn2C1. The van der Waals surface area contributed by atoms with Gasteiger partial charge in [0.1, 0.15) is 11.5 Å². The molecule has 0 spiro atoms. The second-order valence-electron chi connectivity index (χ2n) is 5.25. The number of nitrogens with one attached hydrogen (secondary N) is 1. The second-order valence-corrected chi connectivity index (χ2v) is 5.25. The standard InChI is InChI=1S/C14H18N4O3/c1-8-12(9(2)21-17-8)6-15-14(19)13-5-10-4-11(20-3)7-18(10)16-13/h5,11H,4,6-7H2,1-3H3,(H,15,19). The molecule has 1 aliphatic heterocycles. The molecule has 2 aromatic heterocycles. The summed E-state index contributed by atoms with van der Waals surface area (Å²) in [4.78, 5) is 12.1. The molecule has 0 aliphatic carbocycles. The Morgan fingerprint density at radius 2 is 2.38 bits per heavy atom. The molecule has 0 saturated carbocycles. The normalized spacial score (nSPS) is 17.0. The van der Waals surface area contributed by atoms with E-state index in [9.17, 15) is 4.79 Å². The highest BCUT2D eigenvalue weighted by Gasteiger charge is 2.25. The first-order valence-electron chi connectivity index (χ1n) is 6.88. The zero-order chi connectivity index (χ0) is 15.0. The highest BCUT2D eigenvalue weighted by Crippen LogP contribution is 2.18. The first-order valence-corrected chi connectivity index (χ1v) is 6.88. The van der Waals surface area contributed by atoms with E-state index in [0.29, 0.717) is 18.8 Å². The molecule has 1 aliphatic rings. The molecule has 0 aromatic carbocycles. The topological polar surface area (TPSA) is 82.2 Å². The van der Waals surface area contributed by atoms with Gasteiger partial charge in [0.15, 0.2) is 0 Å². The van der Waals surface area contributed by atoms with Crippen LogP contribution in [0.15, 0.2) is 10.6 Å². The monoisotopic (exact) mass is 290 g/mol. The number of aromatic nitrogens is 3. The minimum atomic E-state index is -0.189. The molecular weight excluding hydrogens is 272 g/mol. The average Bonchev–Trinajstić information content (AvgIpc) is 3.10. The lowest BCUT2D eigenvalue weighted by Crippen LogP contribution is -2.24. The second kappa shape index (κ2) is 5.33. The number of ether oxygens (including phenoxy) is 1. The number of hydrogen-bond donors (Lipinski definition) is 1. The molecule has 7 heteroatoms. The van der Waals surface area contributed by atoms with E-state index in [2.05, 4.69) is 15.6 Å². The predicted octanol–water partition coefficient (Wildman–Crippen LogP) is 0.989. The summed E-state index contributed by atoms with van der Waals surface area (Å²) in [5.74, 6) is 0.536. The number of carbonyl (C=O) groups is 1. The van der Waals surface area contributed by atoms with Gasteiger partial charge in [0.2, 0.25) is 0 Å². The molecule has 1 N–H and O–H groups in total. The molecule has 3 rings (SSSR count). The Hall–Kier alpha value is -2.15. The van der Waals surface area contributed by atoms with Crippen LogP contribution in [-0.4, -0.2) is 34.1 Å². The van der Waals surface area contributed by atoms with Gasteiger partial charge in [0, 0.05) is 31.3 Å². The minimum absolute atomic E-state index is 0.159. The van der Waals surface area contributed by atoms with E-state index in [-0.39, 0.29) is 12.0 Å². The number of nitrogens with zero attached hydrogens (tertiary/aromatic N) is 3. The summed E-state index contributed by atoms with van der Waals surface area (Å²) in [6.45, 7) is 4.78. The van der Waals surface area contributed by atoms with Crippen LogP contribution in [0, 0.1) is 13.8 Å². The van der Waals surface area contributed by atoms with Gasteiger partial charge >= 0.3 is 0 Å². The van der Waals surface area contributed by atoms with Gasteiger partial charge in [-0.1, -0.05) is 5.16 Å². The van der Waals surface area contributed by atoms with E-state index >= 15 is 0 Å². The lowest BCUT2D eigenvalue weighted by Gasteiger charge is -2.05. The van der Waals surface area contributed by atoms with Crippen molar-refractivity contribution in [1.29, 1.82) is 0 Å². The maximum absolute atomic E-state index is 12.1. The molecule has 112 valence electrons. The van der Waals surface area contributed by atoms with Crippen molar-refractivity contribution in [2.45, 2.75) is 39.5 Å². The van der Waals surface area contributed by atoms with Crippen molar-refractivity contribution in [2.75, 3.05) is 7.11 Å². The van der Waals surface area contributed by atoms with E-state index in [0.717, 1.165) is 29.1 Å². The minimum Gasteiger partial charge on any atom is -0.379 e. The lowest BCUT2D eigenvalue weighted by atomic mass is 10.2. The number of methoxy groups -OCH3 is 1. The lowest BCUT2D eigenvalue weighted by molar-refractivity contribution is 0.0933. The Balaban J connectivity index is 1.65. The molecule has 1 atom stereocenters. The fourth-order valence-electron chi connectivity index (χ4n) is 2.55. The van der Waals surface area contributed by atoms with Gasteiger partial charge in [-0.3, -0.25) is 9.48 Å². The summed E-state index contributed by atoms with van der Waals surface area (Å²) in [7, 11) is 1.69. The highest BCUT2D eigenvalue weighted by atomic mass is 16.5. The number of fused-ring (bicyclic) bond motifs is 1. The molecular formula is C14H18N4O3. The number of rotatable bonds is 4. The van der Waals surface area contributed by atoms with Crippen LogP contribution >= 0.6 is 0 Å². The van der Waals surface area contributed by atoms with Gasteiger partial charge in [-0.25, -0.2) is 0 Å². The van der Waals surface area contributed by atoms with Gasteiger partial charge in [-0.15, -0.1) is 0 Å². The summed E-state index contributed by atoms with van der Waals surface area (Å²) in [6.07, 6.45) is 0.951. The molecule has 0 fully saturated rings. The van der Waals surface area contributed by atoms with Crippen LogP contribution in [0.4, 0.5) is 0 Å². The zero-order valence-corrected chi connectivity index (χ0v) is 12.3. The van der Waals surface area contributed by atoms with E-state index in [1.165, 1.54) is 0 Å². The number of hydrogen-bond acceptors (Lipinski definition) is 5. The number of carbonyl (C=O) groups excluding carboxylic acids is 1. The van der Waals surface area contributed by atoms with Crippen LogP contribution in [0.3, 0.4) is 0 Å². The van der Waals surface area contributed by atoms with Gasteiger partial charge in [-0.2, -0.15) is 5.10 Å². The molecule has 21 heavy (non-hydrogen) atoms. The maximum Gasteiger partial charge on any atom is 0.272 e. The molecule has 0 bridgehead atoms. The third kappa shape index (κ3) is 2.56. The van der Waals surface area contributed by atoms with Crippen molar-refractivity contribution in [2.24, 2.45) is 0 Å². The molecule has 7 nitrogen and oxygen atoms in total. The van der Waals surface area contributed by atoms with Crippen molar-refractivity contribution in [1.82, 2.24) is 20.3 Å². The van der Waals surface area contributed by atoms with Crippen molar-refractivity contribution >= 4 is 5.91 Å². The average molecular weight is 290 g/mol. The highest BCUT2D eigenvalue weighted by molar-refractivity contribution is 5.92. The molecule has 1 amide bonds. The molecule has 0 saturated heterocycles. The van der Waals surface area contributed by atoms with Crippen LogP contribution in [0.1, 0.15) is 33.2 Å². The van der Waals surface area contributed by atoms with Gasteiger partial charge in [0.25, 0.3) is 5.91 Å². The van der Waals surface area contributed by atoms with Crippen LogP contribution in [0.5, 0.6) is 0 Å². The van der Waals surface area contributed by atoms with Crippen LogP contribution < -0.4 is 5.32 Å². The third-order valence-corrected chi connectivity index (χ3v) is 3.85. The number of amides is 1. The first-order chi connectivity index (χ1) is 10.1. The first kappa shape index (κ1) is 13.8. The maximum atomic E-state index is 12.1. The summed E-state index contributed by atoms with van der Waals surface area (Å²) in [6, 6.07) is 1.82. The van der Waals surface area contributed by atoms with Crippen molar-refractivity contribution in [3.63, 3.8) is 0 Å². The van der Waals surface area contributed by atoms with E-state index in [1.807, 2.05) is 24.6 Å². The van der Waals surface area contributed by atoms with Gasteiger partial charge in [0.05, 0.1) is 18.3 Å². The Labute approximate surface area is 122 Å². The van der Waals surface area contributed by atoms with Crippen molar-refractivity contribution < 1.29 is 14.1 Å². The quantitative estimate of drug-likeness (QED) is 0.908. The molecule has 0 radical (unpaired) electrons. The van der Waals surface area contributed by atoms with Crippen LogP contribution in [0.2, 0.25) is 0 Å². The fourth-order valence-corrected chi connectivity index (χ4v) is 2.55. The third-order valence-electron chi connectivity index (χ3n) is 3.85. The van der Waals surface area contributed by atoms with Crippen LogP contribution in [-0.2, 0) is 24.2 Å². The van der Waals surface area contributed by atoms with Gasteiger partial charge in [-0.05, 0) is 19.9 Å². The largest absolute Gasteiger partial charge is 0.379 e. The van der Waals surface area contributed by atoms with E-state index < -0.39 is 0 Å². The summed E-state index contributed by atoms with van der Waals surface area (Å²) in [5, 5.41) is 11.0. The predicted molar refractivity (Wildman–Crippen MR) is 73.9 cm³/mol.